The van der Waals surface area contributed by atoms with Crippen molar-refractivity contribution in [3.05, 3.63) is 34.7 Å². The minimum absolute atomic E-state index is 0.635. The van der Waals surface area contributed by atoms with E-state index in [1.54, 1.807) is 17.5 Å². The third kappa shape index (κ3) is 1.12. The molecule has 1 aromatic heterocycles. The molecule has 1 aromatic carbocycles. The number of hydrogen-bond acceptors (Lipinski definition) is 3. The van der Waals surface area contributed by atoms with Gasteiger partial charge in [-0.05, 0) is 6.07 Å². The Labute approximate surface area is 79.0 Å². The molecule has 2 rings (SSSR count). The zero-order valence-electron chi connectivity index (χ0n) is 6.65. The van der Waals surface area contributed by atoms with E-state index in [4.69, 9.17) is 5.26 Å². The molecule has 0 saturated carbocycles. The molecule has 0 unspecified atom stereocenters. The summed E-state index contributed by atoms with van der Waals surface area (Å²) < 4.78 is 0.895. The Morgan fingerprint density at radius 1 is 1.46 bits per heavy atom. The maximum atomic E-state index is 10.6. The van der Waals surface area contributed by atoms with Crippen molar-refractivity contribution in [2.45, 2.75) is 0 Å². The summed E-state index contributed by atoms with van der Waals surface area (Å²) >= 11 is 1.44. The summed E-state index contributed by atoms with van der Waals surface area (Å²) in [5.41, 5.74) is 1.30. The van der Waals surface area contributed by atoms with Gasteiger partial charge >= 0.3 is 0 Å². The largest absolute Gasteiger partial charge is 0.298 e. The molecule has 0 radical (unpaired) electrons. The average molecular weight is 187 g/mol. The fourth-order valence-electron chi connectivity index (χ4n) is 1.26. The van der Waals surface area contributed by atoms with Gasteiger partial charge in [0.15, 0.2) is 6.29 Å². The van der Waals surface area contributed by atoms with Gasteiger partial charge < -0.3 is 0 Å². The lowest BCUT2D eigenvalue weighted by Crippen LogP contribution is -1.76. The highest BCUT2D eigenvalue weighted by Crippen LogP contribution is 2.27. The molecule has 0 fully saturated rings. The molecule has 0 aliphatic heterocycles. The van der Waals surface area contributed by atoms with E-state index >= 15 is 0 Å². The summed E-state index contributed by atoms with van der Waals surface area (Å²) in [6, 6.07) is 7.51. The van der Waals surface area contributed by atoms with Gasteiger partial charge in [-0.15, -0.1) is 11.3 Å². The highest BCUT2D eigenvalue weighted by Gasteiger charge is 2.05. The lowest BCUT2D eigenvalue weighted by molar-refractivity contribution is 0.112. The Kier molecular flexibility index (Phi) is 1.84. The van der Waals surface area contributed by atoms with Crippen molar-refractivity contribution >= 4 is 27.7 Å². The highest BCUT2D eigenvalue weighted by molar-refractivity contribution is 7.17. The Balaban J connectivity index is 2.88. The number of aldehydes is 1. The van der Waals surface area contributed by atoms with Crippen LogP contribution in [0.3, 0.4) is 0 Å². The van der Waals surface area contributed by atoms with Gasteiger partial charge in [-0.2, -0.15) is 5.26 Å². The first-order valence-electron chi connectivity index (χ1n) is 3.72. The molecule has 2 aromatic rings. The molecule has 0 aliphatic rings. The zero-order valence-corrected chi connectivity index (χ0v) is 7.47. The molecule has 0 saturated heterocycles. The van der Waals surface area contributed by atoms with Crippen molar-refractivity contribution in [1.82, 2.24) is 0 Å². The van der Waals surface area contributed by atoms with Crippen LogP contribution in [0.15, 0.2) is 23.6 Å². The standard InChI is InChI=1S/C10H5NOS/c11-4-7-2-1-3-9-8(5-12)6-13-10(7)9/h1-3,5-6H. The SMILES string of the molecule is N#Cc1cccc2c(C=O)csc12. The van der Waals surface area contributed by atoms with Crippen molar-refractivity contribution in [3.63, 3.8) is 0 Å². The minimum Gasteiger partial charge on any atom is -0.298 e. The summed E-state index contributed by atoms with van der Waals surface area (Å²) in [4.78, 5) is 10.6. The van der Waals surface area contributed by atoms with Crippen LogP contribution in [-0.2, 0) is 0 Å². The van der Waals surface area contributed by atoms with E-state index in [0.717, 1.165) is 16.4 Å². The van der Waals surface area contributed by atoms with Crippen LogP contribution < -0.4 is 0 Å². The number of nitriles is 1. The number of hydrogen-bond donors (Lipinski definition) is 0. The van der Waals surface area contributed by atoms with Crippen LogP contribution in [0.25, 0.3) is 10.1 Å². The fourth-order valence-corrected chi connectivity index (χ4v) is 2.24. The van der Waals surface area contributed by atoms with Crippen LogP contribution in [-0.4, -0.2) is 6.29 Å². The second kappa shape index (κ2) is 3.00. The van der Waals surface area contributed by atoms with Gasteiger partial charge in [-0.3, -0.25) is 4.79 Å². The molecule has 0 atom stereocenters. The van der Waals surface area contributed by atoms with E-state index in [2.05, 4.69) is 6.07 Å². The molecule has 0 spiro atoms. The van der Waals surface area contributed by atoms with Crippen LogP contribution in [0.4, 0.5) is 0 Å². The van der Waals surface area contributed by atoms with Gasteiger partial charge in [0.1, 0.15) is 6.07 Å². The van der Waals surface area contributed by atoms with Crippen molar-refractivity contribution in [2.75, 3.05) is 0 Å². The molecule has 2 nitrogen and oxygen atoms in total. The molecule has 62 valence electrons. The first-order chi connectivity index (χ1) is 6.36. The summed E-state index contributed by atoms with van der Waals surface area (Å²) in [6.07, 6.45) is 0.819. The maximum Gasteiger partial charge on any atom is 0.151 e. The number of rotatable bonds is 1. The molecule has 0 amide bonds. The molecule has 0 N–H and O–H groups in total. The zero-order chi connectivity index (χ0) is 9.26. The van der Waals surface area contributed by atoms with Gasteiger partial charge in [-0.25, -0.2) is 0 Å². The van der Waals surface area contributed by atoms with Crippen molar-refractivity contribution in [1.29, 1.82) is 5.26 Å². The number of nitrogens with zero attached hydrogens (tertiary/aromatic N) is 1. The third-order valence-corrected chi connectivity index (χ3v) is 2.92. The quantitative estimate of drug-likeness (QED) is 0.644. The van der Waals surface area contributed by atoms with Gasteiger partial charge in [-0.1, -0.05) is 12.1 Å². The van der Waals surface area contributed by atoms with Crippen LogP contribution in [0.2, 0.25) is 0 Å². The average Bonchev–Trinajstić information content (AvgIpc) is 2.60. The van der Waals surface area contributed by atoms with Gasteiger partial charge in [0.05, 0.1) is 10.3 Å². The number of carbonyl (C=O) groups excluding carboxylic acids is 1. The van der Waals surface area contributed by atoms with Gasteiger partial charge in [0, 0.05) is 16.3 Å². The summed E-state index contributed by atoms with van der Waals surface area (Å²) in [5.74, 6) is 0. The van der Waals surface area contributed by atoms with Crippen molar-refractivity contribution in [2.24, 2.45) is 0 Å². The first kappa shape index (κ1) is 7.96. The Morgan fingerprint density at radius 3 is 3.00 bits per heavy atom. The van der Waals surface area contributed by atoms with Crippen molar-refractivity contribution < 1.29 is 4.79 Å². The second-order valence-corrected chi connectivity index (χ2v) is 3.48. The summed E-state index contributed by atoms with van der Waals surface area (Å²) in [6.45, 7) is 0. The predicted molar refractivity (Wildman–Crippen MR) is 51.9 cm³/mol. The number of thiophene rings is 1. The van der Waals surface area contributed by atoms with E-state index in [9.17, 15) is 4.79 Å². The third-order valence-electron chi connectivity index (χ3n) is 1.88. The summed E-state index contributed by atoms with van der Waals surface area (Å²) in [5, 5.41) is 11.4. The topological polar surface area (TPSA) is 40.9 Å². The molecule has 0 aliphatic carbocycles. The number of fused-ring (bicyclic) bond motifs is 1. The van der Waals surface area contributed by atoms with Gasteiger partial charge in [0.2, 0.25) is 0 Å². The van der Waals surface area contributed by atoms with Crippen LogP contribution >= 0.6 is 11.3 Å². The van der Waals surface area contributed by atoms with E-state index in [1.165, 1.54) is 11.3 Å². The van der Waals surface area contributed by atoms with Crippen LogP contribution in [0.1, 0.15) is 15.9 Å². The smallest absolute Gasteiger partial charge is 0.151 e. The molecular weight excluding hydrogens is 182 g/mol. The lowest BCUT2D eigenvalue weighted by Gasteiger charge is -1.91. The monoisotopic (exact) mass is 187 g/mol. The van der Waals surface area contributed by atoms with E-state index in [0.29, 0.717) is 11.1 Å². The van der Waals surface area contributed by atoms with Crippen LogP contribution in [0, 0.1) is 11.3 Å². The number of carbonyl (C=O) groups is 1. The Hall–Kier alpha value is -1.66. The van der Waals surface area contributed by atoms with E-state index in [-0.39, 0.29) is 0 Å². The maximum absolute atomic E-state index is 10.6. The Morgan fingerprint density at radius 2 is 2.31 bits per heavy atom. The molecule has 1 heterocycles. The molecule has 3 heteroatoms. The van der Waals surface area contributed by atoms with E-state index < -0.39 is 0 Å². The Bertz CT molecular complexity index is 507. The fraction of sp³-hybridized carbons (Fsp3) is 0. The molecule has 0 bridgehead atoms. The van der Waals surface area contributed by atoms with Crippen LogP contribution in [0.5, 0.6) is 0 Å². The number of benzene rings is 1. The highest BCUT2D eigenvalue weighted by atomic mass is 32.1. The summed E-state index contributed by atoms with van der Waals surface area (Å²) in [7, 11) is 0. The van der Waals surface area contributed by atoms with E-state index in [1.807, 2.05) is 6.07 Å². The molecular formula is C10H5NOS. The predicted octanol–water partition coefficient (Wildman–Crippen LogP) is 2.59. The van der Waals surface area contributed by atoms with Crippen molar-refractivity contribution in [3.8, 4) is 6.07 Å². The van der Waals surface area contributed by atoms with Gasteiger partial charge in [0.25, 0.3) is 0 Å². The minimum atomic E-state index is 0.635. The first-order valence-corrected chi connectivity index (χ1v) is 4.60. The normalized spacial score (nSPS) is 9.77. The second-order valence-electron chi connectivity index (χ2n) is 2.60. The molecule has 13 heavy (non-hydrogen) atoms. The lowest BCUT2D eigenvalue weighted by atomic mass is 10.1.